The molecule has 2 rings (SSSR count). The third-order valence-electron chi connectivity index (χ3n) is 4.35. The van der Waals surface area contributed by atoms with Crippen LogP contribution in [0, 0.1) is 5.92 Å². The minimum Gasteiger partial charge on any atom is -0.494 e. The van der Waals surface area contributed by atoms with Crippen LogP contribution in [0.1, 0.15) is 63.5 Å². The van der Waals surface area contributed by atoms with E-state index in [1.807, 2.05) is 19.1 Å². The van der Waals surface area contributed by atoms with Gasteiger partial charge in [0.2, 0.25) is 0 Å². The van der Waals surface area contributed by atoms with Crippen molar-refractivity contribution < 1.29 is 4.74 Å². The fraction of sp³-hybridized carbons (Fsp3) is 0.647. The largest absolute Gasteiger partial charge is 0.494 e. The maximum Gasteiger partial charge on any atom is 0.119 e. The molecule has 1 saturated carbocycles. The Morgan fingerprint density at radius 2 is 1.70 bits per heavy atom. The molecule has 1 aliphatic carbocycles. The molecule has 1 atom stereocenters. The van der Waals surface area contributed by atoms with E-state index in [1.54, 1.807) is 0 Å². The van der Waals surface area contributed by atoms with Crippen LogP contribution in [0.15, 0.2) is 24.3 Å². The van der Waals surface area contributed by atoms with Crippen molar-refractivity contribution in [3.8, 4) is 5.75 Å². The van der Waals surface area contributed by atoms with Crippen molar-refractivity contribution in [1.29, 1.82) is 0 Å². The summed E-state index contributed by atoms with van der Waals surface area (Å²) in [6.07, 6.45) is 9.37. The predicted octanol–water partition coefficient (Wildman–Crippen LogP) is 3.95. The number of nitrogens with two attached hydrogens (primary N) is 1. The summed E-state index contributed by atoms with van der Waals surface area (Å²) in [4.78, 5) is 0. The van der Waals surface area contributed by atoms with Gasteiger partial charge in [-0.05, 0) is 43.4 Å². The SMILES string of the molecule is CCOc1ccc(C(NN)C2CCCCCCC2)cc1. The van der Waals surface area contributed by atoms with Gasteiger partial charge in [0.15, 0.2) is 0 Å². The number of hydrogen-bond donors (Lipinski definition) is 2. The zero-order chi connectivity index (χ0) is 14.2. The molecule has 0 bridgehead atoms. The molecule has 3 nitrogen and oxygen atoms in total. The lowest BCUT2D eigenvalue weighted by atomic mass is 9.83. The van der Waals surface area contributed by atoms with Crippen LogP contribution in [0.25, 0.3) is 0 Å². The summed E-state index contributed by atoms with van der Waals surface area (Å²) in [5, 5.41) is 0. The molecule has 0 aliphatic heterocycles. The third-order valence-corrected chi connectivity index (χ3v) is 4.35. The van der Waals surface area contributed by atoms with Crippen LogP contribution >= 0.6 is 0 Å². The number of ether oxygens (including phenoxy) is 1. The summed E-state index contributed by atoms with van der Waals surface area (Å²) in [6, 6.07) is 8.66. The second kappa shape index (κ2) is 8.28. The fourth-order valence-corrected chi connectivity index (χ4v) is 3.26. The number of rotatable bonds is 5. The molecule has 1 aliphatic rings. The summed E-state index contributed by atoms with van der Waals surface area (Å²) < 4.78 is 5.50. The molecule has 112 valence electrons. The highest BCUT2D eigenvalue weighted by molar-refractivity contribution is 5.29. The molecule has 1 fully saturated rings. The van der Waals surface area contributed by atoms with Crippen molar-refractivity contribution in [2.24, 2.45) is 11.8 Å². The van der Waals surface area contributed by atoms with Crippen molar-refractivity contribution >= 4 is 0 Å². The minimum absolute atomic E-state index is 0.267. The normalized spacial score (nSPS) is 19.1. The molecule has 0 radical (unpaired) electrons. The Morgan fingerprint density at radius 3 is 2.25 bits per heavy atom. The second-order valence-corrected chi connectivity index (χ2v) is 5.75. The van der Waals surface area contributed by atoms with Gasteiger partial charge in [0.25, 0.3) is 0 Å². The van der Waals surface area contributed by atoms with Crippen LogP contribution in [-0.2, 0) is 0 Å². The first-order valence-electron chi connectivity index (χ1n) is 8.04. The lowest BCUT2D eigenvalue weighted by molar-refractivity contribution is 0.290. The number of hydrazine groups is 1. The van der Waals surface area contributed by atoms with Gasteiger partial charge in [-0.15, -0.1) is 0 Å². The monoisotopic (exact) mass is 276 g/mol. The van der Waals surface area contributed by atoms with E-state index in [0.717, 1.165) is 5.75 Å². The maximum absolute atomic E-state index is 5.84. The van der Waals surface area contributed by atoms with E-state index >= 15 is 0 Å². The van der Waals surface area contributed by atoms with Crippen molar-refractivity contribution in [2.45, 2.75) is 57.9 Å². The summed E-state index contributed by atoms with van der Waals surface area (Å²) in [7, 11) is 0. The number of benzene rings is 1. The van der Waals surface area contributed by atoms with Crippen LogP contribution in [0.2, 0.25) is 0 Å². The summed E-state index contributed by atoms with van der Waals surface area (Å²) in [5.41, 5.74) is 4.33. The molecule has 1 aromatic rings. The maximum atomic E-state index is 5.84. The highest BCUT2D eigenvalue weighted by Crippen LogP contribution is 2.33. The molecule has 0 heterocycles. The van der Waals surface area contributed by atoms with Crippen molar-refractivity contribution in [3.63, 3.8) is 0 Å². The average molecular weight is 276 g/mol. The van der Waals surface area contributed by atoms with E-state index in [2.05, 4.69) is 17.6 Å². The van der Waals surface area contributed by atoms with Crippen molar-refractivity contribution in [3.05, 3.63) is 29.8 Å². The molecule has 0 amide bonds. The molecule has 3 N–H and O–H groups in total. The van der Waals surface area contributed by atoms with Gasteiger partial charge in [-0.3, -0.25) is 11.3 Å². The van der Waals surface area contributed by atoms with Gasteiger partial charge in [0.05, 0.1) is 6.61 Å². The summed E-state index contributed by atoms with van der Waals surface area (Å²) in [6.45, 7) is 2.72. The van der Waals surface area contributed by atoms with Gasteiger partial charge in [0, 0.05) is 6.04 Å². The molecule has 1 unspecified atom stereocenters. The summed E-state index contributed by atoms with van der Waals surface area (Å²) in [5.74, 6) is 7.43. The smallest absolute Gasteiger partial charge is 0.119 e. The van der Waals surface area contributed by atoms with Gasteiger partial charge >= 0.3 is 0 Å². The first kappa shape index (κ1) is 15.3. The molecule has 0 saturated heterocycles. The Balaban J connectivity index is 2.05. The Morgan fingerprint density at radius 1 is 1.10 bits per heavy atom. The quantitative estimate of drug-likeness (QED) is 0.632. The Labute approximate surface area is 122 Å². The molecule has 3 heteroatoms. The van der Waals surface area contributed by atoms with E-state index in [9.17, 15) is 0 Å². The van der Waals surface area contributed by atoms with Gasteiger partial charge in [-0.1, -0.05) is 44.2 Å². The van der Waals surface area contributed by atoms with E-state index in [0.29, 0.717) is 12.5 Å². The van der Waals surface area contributed by atoms with E-state index in [4.69, 9.17) is 10.6 Å². The van der Waals surface area contributed by atoms with Crippen LogP contribution in [-0.4, -0.2) is 6.61 Å². The summed E-state index contributed by atoms with van der Waals surface area (Å²) >= 11 is 0. The Hall–Kier alpha value is -1.06. The van der Waals surface area contributed by atoms with Crippen molar-refractivity contribution in [1.82, 2.24) is 5.43 Å². The number of nitrogens with one attached hydrogen (secondary N) is 1. The van der Waals surface area contributed by atoms with Gasteiger partial charge in [-0.25, -0.2) is 0 Å². The number of hydrogen-bond acceptors (Lipinski definition) is 3. The van der Waals surface area contributed by atoms with Crippen LogP contribution in [0.5, 0.6) is 5.75 Å². The zero-order valence-corrected chi connectivity index (χ0v) is 12.6. The lowest BCUT2D eigenvalue weighted by Crippen LogP contribution is -2.34. The molecule has 0 spiro atoms. The first-order valence-corrected chi connectivity index (χ1v) is 8.04. The predicted molar refractivity (Wildman–Crippen MR) is 83.5 cm³/mol. The Kier molecular flexibility index (Phi) is 6.34. The van der Waals surface area contributed by atoms with Gasteiger partial charge in [-0.2, -0.15) is 0 Å². The van der Waals surface area contributed by atoms with E-state index in [-0.39, 0.29) is 6.04 Å². The van der Waals surface area contributed by atoms with Crippen LogP contribution in [0.4, 0.5) is 0 Å². The molecular weight excluding hydrogens is 248 g/mol. The standard InChI is InChI=1S/C17H28N2O/c1-2-20-16-12-10-15(11-13-16)17(19-18)14-8-6-4-3-5-7-9-14/h10-14,17,19H,2-9,18H2,1H3. The minimum atomic E-state index is 0.267. The van der Waals surface area contributed by atoms with Crippen molar-refractivity contribution in [2.75, 3.05) is 6.61 Å². The average Bonchev–Trinajstić information content (AvgIpc) is 2.43. The molecule has 1 aromatic carbocycles. The third kappa shape index (κ3) is 4.22. The first-order chi connectivity index (χ1) is 9.85. The molecular formula is C17H28N2O. The second-order valence-electron chi connectivity index (χ2n) is 5.75. The van der Waals surface area contributed by atoms with Crippen LogP contribution in [0.3, 0.4) is 0 Å². The lowest BCUT2D eigenvalue weighted by Gasteiger charge is -2.28. The topological polar surface area (TPSA) is 47.3 Å². The van der Waals surface area contributed by atoms with Gasteiger partial charge in [0.1, 0.15) is 5.75 Å². The van der Waals surface area contributed by atoms with Crippen LogP contribution < -0.4 is 16.0 Å². The Bertz CT molecular complexity index is 369. The molecule has 20 heavy (non-hydrogen) atoms. The molecule has 0 aromatic heterocycles. The zero-order valence-electron chi connectivity index (χ0n) is 12.6. The highest BCUT2D eigenvalue weighted by atomic mass is 16.5. The van der Waals surface area contributed by atoms with E-state index in [1.165, 1.54) is 50.5 Å². The fourth-order valence-electron chi connectivity index (χ4n) is 3.26. The van der Waals surface area contributed by atoms with E-state index < -0.39 is 0 Å². The van der Waals surface area contributed by atoms with Gasteiger partial charge < -0.3 is 4.74 Å². The highest BCUT2D eigenvalue weighted by Gasteiger charge is 2.22.